The minimum absolute atomic E-state index is 0.0869. The van der Waals surface area contributed by atoms with Gasteiger partial charge in [-0.1, -0.05) is 12.1 Å². The van der Waals surface area contributed by atoms with Gasteiger partial charge < -0.3 is 10.2 Å². The molecule has 1 atom stereocenters. The van der Waals surface area contributed by atoms with E-state index in [0.717, 1.165) is 25.2 Å². The van der Waals surface area contributed by atoms with Crippen LogP contribution in [0, 0.1) is 0 Å². The first-order valence-corrected chi connectivity index (χ1v) is 10.8. The van der Waals surface area contributed by atoms with Crippen LogP contribution in [-0.2, 0) is 22.7 Å². The van der Waals surface area contributed by atoms with Crippen LogP contribution < -0.4 is 10.6 Å². The molecule has 29 heavy (non-hydrogen) atoms. The monoisotopic (exact) mass is 396 g/mol. The summed E-state index contributed by atoms with van der Waals surface area (Å²) >= 11 is 0. The van der Waals surface area contributed by atoms with E-state index >= 15 is 0 Å². The molecule has 0 bridgehead atoms. The van der Waals surface area contributed by atoms with Gasteiger partial charge in [0.05, 0.1) is 0 Å². The standard InChI is InChI=1S/C22H28N4O3/c27-20-7-6-19(21(28)24-20)26-13-18-14(2-1-3-17(18)22(26)29)12-25(15-4-5-15)16-8-10-23-11-9-16/h1-3,15-16,19,23H,4-13H2,(H,24,27,28). The molecule has 2 saturated heterocycles. The number of imide groups is 1. The molecule has 3 aliphatic heterocycles. The lowest BCUT2D eigenvalue weighted by Gasteiger charge is -2.35. The first-order chi connectivity index (χ1) is 14.1. The number of carbonyl (C=O) groups excluding carboxylic acids is 3. The van der Waals surface area contributed by atoms with E-state index in [1.807, 2.05) is 12.1 Å². The van der Waals surface area contributed by atoms with Gasteiger partial charge in [0, 0.05) is 37.2 Å². The largest absolute Gasteiger partial charge is 0.322 e. The topological polar surface area (TPSA) is 81.8 Å². The average molecular weight is 396 g/mol. The van der Waals surface area contributed by atoms with Crippen LogP contribution in [0.5, 0.6) is 0 Å². The molecule has 1 unspecified atom stereocenters. The van der Waals surface area contributed by atoms with Gasteiger partial charge in [-0.05, 0) is 62.4 Å². The summed E-state index contributed by atoms with van der Waals surface area (Å²) in [7, 11) is 0. The maximum atomic E-state index is 13.0. The summed E-state index contributed by atoms with van der Waals surface area (Å²) in [6.07, 6.45) is 5.57. The van der Waals surface area contributed by atoms with Gasteiger partial charge in [-0.15, -0.1) is 0 Å². The maximum Gasteiger partial charge on any atom is 0.255 e. The molecule has 3 fully saturated rings. The first-order valence-electron chi connectivity index (χ1n) is 10.8. The van der Waals surface area contributed by atoms with Crippen molar-refractivity contribution in [1.29, 1.82) is 0 Å². The molecule has 7 nitrogen and oxygen atoms in total. The number of rotatable bonds is 5. The Labute approximate surface area is 170 Å². The highest BCUT2D eigenvalue weighted by Crippen LogP contribution is 2.35. The zero-order chi connectivity index (χ0) is 20.0. The molecule has 0 radical (unpaired) electrons. The lowest BCUT2D eigenvalue weighted by atomic mass is 9.99. The molecule has 154 valence electrons. The van der Waals surface area contributed by atoms with Gasteiger partial charge in [-0.2, -0.15) is 0 Å². The van der Waals surface area contributed by atoms with Crippen molar-refractivity contribution in [2.45, 2.75) is 69.7 Å². The van der Waals surface area contributed by atoms with E-state index in [4.69, 9.17) is 0 Å². The van der Waals surface area contributed by atoms with Crippen LogP contribution in [-0.4, -0.2) is 58.7 Å². The van der Waals surface area contributed by atoms with Crippen LogP contribution >= 0.6 is 0 Å². The predicted molar refractivity (Wildman–Crippen MR) is 107 cm³/mol. The molecule has 4 aliphatic rings. The van der Waals surface area contributed by atoms with E-state index in [1.54, 1.807) is 4.90 Å². The van der Waals surface area contributed by atoms with Crippen LogP contribution in [0.4, 0.5) is 0 Å². The molecule has 5 rings (SSSR count). The molecule has 1 saturated carbocycles. The van der Waals surface area contributed by atoms with Gasteiger partial charge in [-0.3, -0.25) is 24.6 Å². The summed E-state index contributed by atoms with van der Waals surface area (Å²) in [6, 6.07) is 6.69. The predicted octanol–water partition coefficient (Wildman–Crippen LogP) is 1.16. The zero-order valence-corrected chi connectivity index (χ0v) is 16.7. The molecule has 1 aromatic carbocycles. The molecule has 0 spiro atoms. The number of hydrogen-bond donors (Lipinski definition) is 2. The Morgan fingerprint density at radius 2 is 1.76 bits per heavy atom. The van der Waals surface area contributed by atoms with Crippen molar-refractivity contribution in [3.05, 3.63) is 34.9 Å². The molecule has 1 aliphatic carbocycles. The normalized spacial score (nSPS) is 25.5. The minimum Gasteiger partial charge on any atom is -0.322 e. The van der Waals surface area contributed by atoms with Crippen LogP contribution in [0.25, 0.3) is 0 Å². The van der Waals surface area contributed by atoms with Gasteiger partial charge in [0.15, 0.2) is 0 Å². The second kappa shape index (κ2) is 7.54. The van der Waals surface area contributed by atoms with Crippen molar-refractivity contribution in [2.75, 3.05) is 13.1 Å². The summed E-state index contributed by atoms with van der Waals surface area (Å²) in [6.45, 7) is 3.47. The Bertz CT molecular complexity index is 844. The Morgan fingerprint density at radius 1 is 1.00 bits per heavy atom. The highest BCUT2D eigenvalue weighted by atomic mass is 16.2. The van der Waals surface area contributed by atoms with Crippen molar-refractivity contribution in [1.82, 2.24) is 20.4 Å². The van der Waals surface area contributed by atoms with Gasteiger partial charge >= 0.3 is 0 Å². The number of nitrogens with one attached hydrogen (secondary N) is 2. The lowest BCUT2D eigenvalue weighted by molar-refractivity contribution is -0.136. The van der Waals surface area contributed by atoms with Crippen LogP contribution in [0.15, 0.2) is 18.2 Å². The first kappa shape index (κ1) is 18.8. The van der Waals surface area contributed by atoms with E-state index in [1.165, 1.54) is 31.2 Å². The molecular formula is C22H28N4O3. The van der Waals surface area contributed by atoms with Crippen LogP contribution in [0.2, 0.25) is 0 Å². The van der Waals surface area contributed by atoms with Crippen molar-refractivity contribution in [3.8, 4) is 0 Å². The number of amides is 3. The van der Waals surface area contributed by atoms with Crippen LogP contribution in [0.1, 0.15) is 60.0 Å². The van der Waals surface area contributed by atoms with Crippen molar-refractivity contribution in [3.63, 3.8) is 0 Å². The Morgan fingerprint density at radius 3 is 2.48 bits per heavy atom. The van der Waals surface area contributed by atoms with E-state index in [2.05, 4.69) is 21.6 Å². The minimum atomic E-state index is -0.551. The number of nitrogens with zero attached hydrogens (tertiary/aromatic N) is 2. The van der Waals surface area contributed by atoms with Gasteiger partial charge in [-0.25, -0.2) is 0 Å². The quantitative estimate of drug-likeness (QED) is 0.730. The number of benzene rings is 1. The molecule has 3 amide bonds. The fourth-order valence-electron chi connectivity index (χ4n) is 5.10. The summed E-state index contributed by atoms with van der Waals surface area (Å²) in [4.78, 5) is 41.2. The highest BCUT2D eigenvalue weighted by Gasteiger charge is 2.41. The number of hydrogen-bond acceptors (Lipinski definition) is 5. The van der Waals surface area contributed by atoms with E-state index in [-0.39, 0.29) is 24.1 Å². The zero-order valence-electron chi connectivity index (χ0n) is 16.7. The van der Waals surface area contributed by atoms with Crippen molar-refractivity contribution >= 4 is 17.7 Å². The summed E-state index contributed by atoms with van der Waals surface area (Å²) in [5.41, 5.74) is 2.98. The molecule has 2 N–H and O–H groups in total. The van der Waals surface area contributed by atoms with Gasteiger partial charge in [0.25, 0.3) is 5.91 Å². The van der Waals surface area contributed by atoms with Crippen molar-refractivity contribution < 1.29 is 14.4 Å². The summed E-state index contributed by atoms with van der Waals surface area (Å²) in [5.74, 6) is -0.687. The third-order valence-corrected chi connectivity index (χ3v) is 6.83. The summed E-state index contributed by atoms with van der Waals surface area (Å²) in [5, 5.41) is 5.83. The molecule has 7 heteroatoms. The Balaban J connectivity index is 1.37. The SMILES string of the molecule is O=C1CCC(N2Cc3c(CN(C4CCNCC4)C4CC4)cccc3C2=O)C(=O)N1. The second-order valence-electron chi connectivity index (χ2n) is 8.73. The Kier molecular flexibility index (Phi) is 4.87. The highest BCUT2D eigenvalue weighted by molar-refractivity contribution is 6.05. The molecular weight excluding hydrogens is 368 g/mol. The average Bonchev–Trinajstić information content (AvgIpc) is 3.51. The van der Waals surface area contributed by atoms with Gasteiger partial charge in [0.1, 0.15) is 6.04 Å². The third kappa shape index (κ3) is 3.57. The molecule has 3 heterocycles. The second-order valence-corrected chi connectivity index (χ2v) is 8.73. The van der Waals surface area contributed by atoms with E-state index < -0.39 is 6.04 Å². The van der Waals surface area contributed by atoms with Crippen LogP contribution in [0.3, 0.4) is 0 Å². The summed E-state index contributed by atoms with van der Waals surface area (Å²) < 4.78 is 0. The molecule has 0 aromatic heterocycles. The Hall–Kier alpha value is -2.25. The number of fused-ring (bicyclic) bond motifs is 1. The lowest BCUT2D eigenvalue weighted by Crippen LogP contribution is -2.52. The number of carbonyl (C=O) groups is 3. The maximum absolute atomic E-state index is 13.0. The number of piperidine rings is 2. The smallest absolute Gasteiger partial charge is 0.255 e. The fourth-order valence-corrected chi connectivity index (χ4v) is 5.10. The molecule has 1 aromatic rings. The van der Waals surface area contributed by atoms with E-state index in [9.17, 15) is 14.4 Å². The van der Waals surface area contributed by atoms with Gasteiger partial charge in [0.2, 0.25) is 11.8 Å². The van der Waals surface area contributed by atoms with Crippen molar-refractivity contribution in [2.24, 2.45) is 0 Å². The third-order valence-electron chi connectivity index (χ3n) is 6.83. The fraction of sp³-hybridized carbons (Fsp3) is 0.591. The van der Waals surface area contributed by atoms with E-state index in [0.29, 0.717) is 30.6 Å².